The number of hydrogen-bond donors (Lipinski definition) is 0. The van der Waals surface area contributed by atoms with Crippen LogP contribution in [0.25, 0.3) is 17.1 Å². The Bertz CT molecular complexity index is 1210. The molecule has 4 rings (SSSR count). The molecule has 3 aromatic rings. The highest BCUT2D eigenvalue weighted by Crippen LogP contribution is 2.28. The number of sulfone groups is 1. The van der Waals surface area contributed by atoms with Gasteiger partial charge in [-0.25, -0.2) is 8.42 Å². The van der Waals surface area contributed by atoms with Crippen LogP contribution in [0.5, 0.6) is 0 Å². The van der Waals surface area contributed by atoms with Crippen molar-refractivity contribution in [2.24, 2.45) is 0 Å². The van der Waals surface area contributed by atoms with Crippen molar-refractivity contribution in [1.29, 1.82) is 0 Å². The van der Waals surface area contributed by atoms with Crippen molar-refractivity contribution in [3.8, 4) is 17.1 Å². The number of rotatable bonds is 8. The lowest BCUT2D eigenvalue weighted by molar-refractivity contribution is -0.129. The van der Waals surface area contributed by atoms with Gasteiger partial charge in [-0.15, -0.1) is 10.2 Å². The number of aromatic nitrogens is 4. The van der Waals surface area contributed by atoms with Gasteiger partial charge in [0.2, 0.25) is 5.91 Å². The molecule has 0 aliphatic carbocycles. The van der Waals surface area contributed by atoms with Crippen LogP contribution in [-0.2, 0) is 21.1 Å². The second-order valence-electron chi connectivity index (χ2n) is 7.92. The van der Waals surface area contributed by atoms with Gasteiger partial charge in [0.1, 0.15) is 0 Å². The van der Waals surface area contributed by atoms with Crippen molar-refractivity contribution in [2.75, 3.05) is 23.8 Å². The fourth-order valence-corrected chi connectivity index (χ4v) is 6.60. The van der Waals surface area contributed by atoms with Crippen molar-refractivity contribution >= 4 is 27.5 Å². The van der Waals surface area contributed by atoms with Gasteiger partial charge in [-0.05, 0) is 49.6 Å². The zero-order valence-electron chi connectivity index (χ0n) is 18.7. The van der Waals surface area contributed by atoms with E-state index < -0.39 is 9.84 Å². The molecule has 3 heterocycles. The van der Waals surface area contributed by atoms with E-state index in [-0.39, 0.29) is 29.2 Å². The lowest BCUT2D eigenvalue weighted by Gasteiger charge is -2.26. The number of carbonyl (C=O) groups is 1. The van der Waals surface area contributed by atoms with E-state index in [1.54, 1.807) is 17.3 Å². The molecule has 1 unspecified atom stereocenters. The summed E-state index contributed by atoms with van der Waals surface area (Å²) in [7, 11) is -3.06. The van der Waals surface area contributed by atoms with Crippen LogP contribution in [-0.4, -0.2) is 68.8 Å². The first-order valence-corrected chi connectivity index (χ1v) is 13.8. The highest BCUT2D eigenvalue weighted by molar-refractivity contribution is 7.99. The summed E-state index contributed by atoms with van der Waals surface area (Å²) in [5.41, 5.74) is 3.02. The molecule has 1 fully saturated rings. The third-order valence-electron chi connectivity index (χ3n) is 5.81. The van der Waals surface area contributed by atoms with Crippen LogP contribution in [0.15, 0.2) is 53.9 Å². The largest absolute Gasteiger partial charge is 0.338 e. The van der Waals surface area contributed by atoms with Crippen molar-refractivity contribution in [3.05, 3.63) is 54.4 Å². The smallest absolute Gasteiger partial charge is 0.233 e. The Morgan fingerprint density at radius 3 is 2.45 bits per heavy atom. The number of carbonyl (C=O) groups excluding carboxylic acids is 1. The lowest BCUT2D eigenvalue weighted by Crippen LogP contribution is -2.42. The average molecular weight is 486 g/mol. The molecular formula is C23H27N5O3S2. The van der Waals surface area contributed by atoms with Gasteiger partial charge in [0.25, 0.3) is 0 Å². The van der Waals surface area contributed by atoms with Crippen LogP contribution in [0.1, 0.15) is 25.8 Å². The molecule has 0 bridgehead atoms. The molecule has 0 radical (unpaired) electrons. The third kappa shape index (κ3) is 5.27. The Balaban J connectivity index is 1.59. The van der Waals surface area contributed by atoms with Gasteiger partial charge in [0.05, 0.1) is 17.3 Å². The summed E-state index contributed by atoms with van der Waals surface area (Å²) in [4.78, 5) is 18.8. The standard InChI is InChI=1S/C23H27N5O3S2/c1-3-17-5-7-19(8-6-17)28-22(18-9-12-24-13-10-18)25-26-23(28)32-15-21(29)27(4-2)20-11-14-33(30,31)16-20/h5-10,12-13,20H,3-4,11,14-16H2,1-2H3. The first-order chi connectivity index (χ1) is 15.9. The highest BCUT2D eigenvalue weighted by atomic mass is 32.2. The normalized spacial score (nSPS) is 17.2. The summed E-state index contributed by atoms with van der Waals surface area (Å²) < 4.78 is 25.7. The van der Waals surface area contributed by atoms with E-state index in [0.717, 1.165) is 17.7 Å². The Hall–Kier alpha value is -2.72. The minimum Gasteiger partial charge on any atom is -0.338 e. The van der Waals surface area contributed by atoms with E-state index in [4.69, 9.17) is 0 Å². The summed E-state index contributed by atoms with van der Waals surface area (Å²) in [6.45, 7) is 4.47. The fourth-order valence-electron chi connectivity index (χ4n) is 4.03. The predicted molar refractivity (Wildman–Crippen MR) is 129 cm³/mol. The SMILES string of the molecule is CCc1ccc(-n2c(SCC(=O)N(CC)C3CCS(=O)(=O)C3)nnc2-c2ccncc2)cc1. The maximum atomic E-state index is 13.0. The van der Waals surface area contributed by atoms with Crippen molar-refractivity contribution in [2.45, 2.75) is 37.9 Å². The van der Waals surface area contributed by atoms with E-state index in [1.807, 2.05) is 35.8 Å². The van der Waals surface area contributed by atoms with Crippen LogP contribution < -0.4 is 0 Å². The summed E-state index contributed by atoms with van der Waals surface area (Å²) in [6, 6.07) is 11.7. The zero-order chi connectivity index (χ0) is 23.4. The predicted octanol–water partition coefficient (Wildman–Crippen LogP) is 3.02. The van der Waals surface area contributed by atoms with Gasteiger partial charge in [-0.2, -0.15) is 0 Å². The van der Waals surface area contributed by atoms with Crippen LogP contribution in [0, 0.1) is 0 Å². The number of hydrogen-bond acceptors (Lipinski definition) is 7. The number of amides is 1. The van der Waals surface area contributed by atoms with Gasteiger partial charge in [0, 0.05) is 36.2 Å². The first kappa shape index (κ1) is 23.4. The van der Waals surface area contributed by atoms with Crippen LogP contribution in [0.3, 0.4) is 0 Å². The second-order valence-corrected chi connectivity index (χ2v) is 11.1. The number of aryl methyl sites for hydroxylation is 1. The Morgan fingerprint density at radius 1 is 1.12 bits per heavy atom. The topological polar surface area (TPSA) is 98.1 Å². The highest BCUT2D eigenvalue weighted by Gasteiger charge is 2.34. The second kappa shape index (κ2) is 10.0. The van der Waals surface area contributed by atoms with Crippen molar-refractivity contribution in [3.63, 3.8) is 0 Å². The van der Waals surface area contributed by atoms with Gasteiger partial charge in [-0.1, -0.05) is 30.8 Å². The molecule has 1 aromatic carbocycles. The van der Waals surface area contributed by atoms with Crippen LogP contribution in [0.4, 0.5) is 0 Å². The van der Waals surface area contributed by atoms with Crippen LogP contribution >= 0.6 is 11.8 Å². The summed E-state index contributed by atoms with van der Waals surface area (Å²) >= 11 is 1.31. The quantitative estimate of drug-likeness (QED) is 0.452. The maximum absolute atomic E-state index is 13.0. The molecule has 1 amide bonds. The number of benzene rings is 1. The van der Waals surface area contributed by atoms with Gasteiger partial charge < -0.3 is 4.90 Å². The van der Waals surface area contributed by atoms with Gasteiger partial charge >= 0.3 is 0 Å². The third-order valence-corrected chi connectivity index (χ3v) is 8.47. The minimum atomic E-state index is -3.06. The molecule has 1 saturated heterocycles. The minimum absolute atomic E-state index is 0.0450. The summed E-state index contributed by atoms with van der Waals surface area (Å²) in [6.07, 6.45) is 4.86. The number of nitrogens with zero attached hydrogens (tertiary/aromatic N) is 5. The molecule has 174 valence electrons. The molecule has 0 saturated carbocycles. The molecule has 10 heteroatoms. The molecule has 1 aliphatic heterocycles. The number of pyridine rings is 1. The Kier molecular flexibility index (Phi) is 7.14. The average Bonchev–Trinajstić information content (AvgIpc) is 3.41. The molecule has 33 heavy (non-hydrogen) atoms. The van der Waals surface area contributed by atoms with E-state index in [2.05, 4.69) is 34.2 Å². The van der Waals surface area contributed by atoms with E-state index in [9.17, 15) is 13.2 Å². The molecular weight excluding hydrogens is 458 g/mol. The van der Waals surface area contributed by atoms with Gasteiger partial charge in [0.15, 0.2) is 20.8 Å². The number of thioether (sulfide) groups is 1. The molecule has 0 N–H and O–H groups in total. The van der Waals surface area contributed by atoms with Crippen molar-refractivity contribution < 1.29 is 13.2 Å². The maximum Gasteiger partial charge on any atom is 0.233 e. The Morgan fingerprint density at radius 2 is 1.85 bits per heavy atom. The molecule has 1 atom stereocenters. The monoisotopic (exact) mass is 485 g/mol. The van der Waals surface area contributed by atoms with E-state index >= 15 is 0 Å². The van der Waals surface area contributed by atoms with E-state index in [1.165, 1.54) is 17.3 Å². The lowest BCUT2D eigenvalue weighted by atomic mass is 10.1. The molecule has 8 nitrogen and oxygen atoms in total. The molecule has 0 spiro atoms. The summed E-state index contributed by atoms with van der Waals surface area (Å²) in [5, 5.41) is 9.39. The molecule has 2 aromatic heterocycles. The molecule has 1 aliphatic rings. The fraction of sp³-hybridized carbons (Fsp3) is 0.391. The van der Waals surface area contributed by atoms with Crippen molar-refractivity contribution in [1.82, 2.24) is 24.6 Å². The van der Waals surface area contributed by atoms with E-state index in [0.29, 0.717) is 23.9 Å². The van der Waals surface area contributed by atoms with Crippen LogP contribution in [0.2, 0.25) is 0 Å². The summed E-state index contributed by atoms with van der Waals surface area (Å²) in [5.74, 6) is 0.929. The zero-order valence-corrected chi connectivity index (χ0v) is 20.3. The Labute approximate surface area is 198 Å². The van der Waals surface area contributed by atoms with Gasteiger partial charge in [-0.3, -0.25) is 14.3 Å². The first-order valence-electron chi connectivity index (χ1n) is 11.0.